The monoisotopic (exact) mass is 287 g/mol. The fraction of sp³-hybridized carbons (Fsp3) is 0.545. The van der Waals surface area contributed by atoms with Crippen molar-refractivity contribution in [2.75, 3.05) is 0 Å². The van der Waals surface area contributed by atoms with E-state index in [1.165, 1.54) is 12.8 Å². The molecule has 1 saturated carbocycles. The van der Waals surface area contributed by atoms with Crippen LogP contribution in [0.5, 0.6) is 0 Å². The maximum Gasteiger partial charge on any atom is 0.139 e. The standard InChI is InChI=1S/C11H14BrNOS/c12-8-3-10(15-6-8)4-9(14)5-11(13)7-1-2-7/h3,6-7,11H,1-2,4-5,13H2. The van der Waals surface area contributed by atoms with Crippen molar-refractivity contribution in [2.45, 2.75) is 31.7 Å². The highest BCUT2D eigenvalue weighted by atomic mass is 79.9. The zero-order chi connectivity index (χ0) is 10.8. The van der Waals surface area contributed by atoms with Crippen LogP contribution in [0.3, 0.4) is 0 Å². The fourth-order valence-corrected chi connectivity index (χ4v) is 3.15. The predicted molar refractivity (Wildman–Crippen MR) is 66.0 cm³/mol. The Labute approximate surface area is 102 Å². The molecule has 2 rings (SSSR count). The third-order valence-corrected chi connectivity index (χ3v) is 4.38. The molecular weight excluding hydrogens is 274 g/mol. The van der Waals surface area contributed by atoms with Crippen LogP contribution in [0.2, 0.25) is 0 Å². The zero-order valence-electron chi connectivity index (χ0n) is 8.41. The summed E-state index contributed by atoms with van der Waals surface area (Å²) in [6.07, 6.45) is 3.49. The third kappa shape index (κ3) is 3.40. The third-order valence-electron chi connectivity index (χ3n) is 2.68. The molecule has 0 aromatic carbocycles. The molecule has 0 spiro atoms. The summed E-state index contributed by atoms with van der Waals surface area (Å²) >= 11 is 5.00. The molecule has 82 valence electrons. The van der Waals surface area contributed by atoms with E-state index in [1.54, 1.807) is 11.3 Å². The van der Waals surface area contributed by atoms with E-state index in [1.807, 2.05) is 11.4 Å². The van der Waals surface area contributed by atoms with Crippen LogP contribution < -0.4 is 5.73 Å². The van der Waals surface area contributed by atoms with Crippen molar-refractivity contribution in [2.24, 2.45) is 11.7 Å². The molecule has 2 nitrogen and oxygen atoms in total. The summed E-state index contributed by atoms with van der Waals surface area (Å²) in [5.41, 5.74) is 5.91. The number of thiophene rings is 1. The van der Waals surface area contributed by atoms with Crippen LogP contribution in [0.25, 0.3) is 0 Å². The SMILES string of the molecule is NC(CC(=O)Cc1cc(Br)cs1)C1CC1. The molecule has 1 fully saturated rings. The van der Waals surface area contributed by atoms with Gasteiger partial charge in [0.25, 0.3) is 0 Å². The molecule has 0 saturated heterocycles. The van der Waals surface area contributed by atoms with E-state index in [2.05, 4.69) is 15.9 Å². The molecule has 1 aliphatic carbocycles. The molecular formula is C11H14BrNOS. The molecule has 1 aliphatic rings. The Kier molecular flexibility index (Phi) is 3.59. The summed E-state index contributed by atoms with van der Waals surface area (Å²) < 4.78 is 1.06. The second-order valence-electron chi connectivity index (χ2n) is 4.15. The van der Waals surface area contributed by atoms with Gasteiger partial charge in [0.2, 0.25) is 0 Å². The first-order valence-corrected chi connectivity index (χ1v) is 6.82. The minimum Gasteiger partial charge on any atom is -0.327 e. The van der Waals surface area contributed by atoms with Crippen molar-refractivity contribution >= 4 is 33.0 Å². The highest BCUT2D eigenvalue weighted by molar-refractivity contribution is 9.10. The van der Waals surface area contributed by atoms with Gasteiger partial charge in [-0.2, -0.15) is 0 Å². The molecule has 1 heterocycles. The summed E-state index contributed by atoms with van der Waals surface area (Å²) in [6, 6.07) is 2.10. The van der Waals surface area contributed by atoms with Gasteiger partial charge in [0.15, 0.2) is 0 Å². The summed E-state index contributed by atoms with van der Waals surface area (Å²) in [6.45, 7) is 0. The Hall–Kier alpha value is -0.190. The zero-order valence-corrected chi connectivity index (χ0v) is 10.8. The number of nitrogens with two attached hydrogens (primary N) is 1. The highest BCUT2D eigenvalue weighted by Gasteiger charge is 2.29. The first-order chi connectivity index (χ1) is 7.15. The summed E-state index contributed by atoms with van der Waals surface area (Å²) in [5.74, 6) is 0.882. The van der Waals surface area contributed by atoms with Crippen LogP contribution in [0.15, 0.2) is 15.9 Å². The number of hydrogen-bond donors (Lipinski definition) is 1. The number of halogens is 1. The van der Waals surface area contributed by atoms with Gasteiger partial charge in [0, 0.05) is 33.6 Å². The van der Waals surface area contributed by atoms with Gasteiger partial charge in [-0.3, -0.25) is 4.79 Å². The summed E-state index contributed by atoms with van der Waals surface area (Å²) in [7, 11) is 0. The molecule has 0 radical (unpaired) electrons. The minimum absolute atomic E-state index is 0.0981. The number of Topliss-reactive ketones (excluding diaryl/α,β-unsaturated/α-hetero) is 1. The number of ketones is 1. The fourth-order valence-electron chi connectivity index (χ4n) is 1.67. The van der Waals surface area contributed by atoms with E-state index in [0.717, 1.165) is 9.35 Å². The van der Waals surface area contributed by atoms with Crippen molar-refractivity contribution in [1.29, 1.82) is 0 Å². The van der Waals surface area contributed by atoms with E-state index in [4.69, 9.17) is 5.73 Å². The lowest BCUT2D eigenvalue weighted by molar-refractivity contribution is -0.118. The number of rotatable bonds is 5. The molecule has 15 heavy (non-hydrogen) atoms. The Bertz CT molecular complexity index is 359. The topological polar surface area (TPSA) is 43.1 Å². The van der Waals surface area contributed by atoms with Crippen molar-refractivity contribution in [1.82, 2.24) is 0 Å². The average Bonchev–Trinajstić information content (AvgIpc) is 2.92. The highest BCUT2D eigenvalue weighted by Crippen LogP contribution is 2.33. The van der Waals surface area contributed by atoms with Gasteiger partial charge in [-0.1, -0.05) is 0 Å². The molecule has 0 aliphatic heterocycles. The normalized spacial score (nSPS) is 17.7. The first kappa shape index (κ1) is 11.3. The second kappa shape index (κ2) is 4.76. The van der Waals surface area contributed by atoms with E-state index in [0.29, 0.717) is 18.8 Å². The van der Waals surface area contributed by atoms with Crippen LogP contribution in [0.4, 0.5) is 0 Å². The van der Waals surface area contributed by atoms with E-state index >= 15 is 0 Å². The minimum atomic E-state index is 0.0981. The smallest absolute Gasteiger partial charge is 0.139 e. The lowest BCUT2D eigenvalue weighted by Crippen LogP contribution is -2.26. The van der Waals surface area contributed by atoms with E-state index < -0.39 is 0 Å². The van der Waals surface area contributed by atoms with E-state index in [-0.39, 0.29) is 11.8 Å². The van der Waals surface area contributed by atoms with Crippen molar-refractivity contribution in [3.05, 3.63) is 20.8 Å². The van der Waals surface area contributed by atoms with Crippen LogP contribution in [0.1, 0.15) is 24.1 Å². The van der Waals surface area contributed by atoms with Crippen LogP contribution in [0, 0.1) is 5.92 Å². The molecule has 1 aromatic rings. The van der Waals surface area contributed by atoms with Crippen molar-refractivity contribution in [3.63, 3.8) is 0 Å². The van der Waals surface area contributed by atoms with Gasteiger partial charge in [0.1, 0.15) is 5.78 Å². The number of carbonyl (C=O) groups is 1. The molecule has 0 bridgehead atoms. The summed E-state index contributed by atoms with van der Waals surface area (Å²) in [4.78, 5) is 12.8. The van der Waals surface area contributed by atoms with Gasteiger partial charge in [-0.25, -0.2) is 0 Å². The van der Waals surface area contributed by atoms with Gasteiger partial charge >= 0.3 is 0 Å². The summed E-state index contributed by atoms with van der Waals surface area (Å²) in [5, 5.41) is 2.00. The van der Waals surface area contributed by atoms with Crippen LogP contribution in [-0.2, 0) is 11.2 Å². The van der Waals surface area contributed by atoms with Crippen LogP contribution in [-0.4, -0.2) is 11.8 Å². The Morgan fingerprint density at radius 3 is 2.93 bits per heavy atom. The van der Waals surface area contributed by atoms with E-state index in [9.17, 15) is 4.79 Å². The molecule has 1 aromatic heterocycles. The molecule has 1 atom stereocenters. The second-order valence-corrected chi connectivity index (χ2v) is 6.06. The number of hydrogen-bond acceptors (Lipinski definition) is 3. The van der Waals surface area contributed by atoms with Gasteiger partial charge in [-0.05, 0) is 40.8 Å². The largest absolute Gasteiger partial charge is 0.327 e. The molecule has 1 unspecified atom stereocenters. The van der Waals surface area contributed by atoms with Crippen molar-refractivity contribution in [3.8, 4) is 0 Å². The molecule has 4 heteroatoms. The maximum absolute atomic E-state index is 11.7. The van der Waals surface area contributed by atoms with Crippen molar-refractivity contribution < 1.29 is 4.79 Å². The Morgan fingerprint density at radius 2 is 2.40 bits per heavy atom. The Balaban J connectivity index is 1.81. The molecule has 0 amide bonds. The molecule has 2 N–H and O–H groups in total. The van der Waals surface area contributed by atoms with Crippen LogP contribution >= 0.6 is 27.3 Å². The lowest BCUT2D eigenvalue weighted by Gasteiger charge is -2.07. The van der Waals surface area contributed by atoms with Gasteiger partial charge in [0.05, 0.1) is 0 Å². The average molecular weight is 288 g/mol. The maximum atomic E-state index is 11.7. The Morgan fingerprint density at radius 1 is 1.67 bits per heavy atom. The van der Waals surface area contributed by atoms with Gasteiger partial charge < -0.3 is 5.73 Å². The lowest BCUT2D eigenvalue weighted by atomic mass is 10.0. The quantitative estimate of drug-likeness (QED) is 0.905. The first-order valence-electron chi connectivity index (χ1n) is 5.15. The number of carbonyl (C=O) groups excluding carboxylic acids is 1. The predicted octanol–water partition coefficient (Wildman–Crippen LogP) is 2.75. The van der Waals surface area contributed by atoms with Gasteiger partial charge in [-0.15, -0.1) is 11.3 Å².